The van der Waals surface area contributed by atoms with E-state index in [2.05, 4.69) is 39.5 Å². The summed E-state index contributed by atoms with van der Waals surface area (Å²) in [6, 6.07) is 16.8. The molecule has 0 atom stereocenters. The van der Waals surface area contributed by atoms with Crippen molar-refractivity contribution < 1.29 is 9.53 Å². The van der Waals surface area contributed by atoms with E-state index in [1.807, 2.05) is 62.3 Å². The Morgan fingerprint density at radius 1 is 1.14 bits per heavy atom. The fourth-order valence-corrected chi connectivity index (χ4v) is 5.26. The van der Waals surface area contributed by atoms with Crippen molar-refractivity contribution in [3.63, 3.8) is 0 Å². The van der Waals surface area contributed by atoms with Gasteiger partial charge in [0.1, 0.15) is 5.60 Å². The van der Waals surface area contributed by atoms with Crippen molar-refractivity contribution in [2.24, 2.45) is 5.92 Å². The number of carbonyl (C=O) groups excluding carboxylic acids is 1. The molecule has 0 radical (unpaired) electrons. The number of amides is 1. The van der Waals surface area contributed by atoms with Crippen LogP contribution in [0.5, 0.6) is 0 Å². The van der Waals surface area contributed by atoms with E-state index in [0.717, 1.165) is 73.2 Å². The predicted octanol–water partition coefficient (Wildman–Crippen LogP) is 5.52. The lowest BCUT2D eigenvalue weighted by molar-refractivity contribution is -0.00735. The molecule has 0 unspecified atom stereocenters. The molecule has 0 bridgehead atoms. The third kappa shape index (κ3) is 6.03. The van der Waals surface area contributed by atoms with Crippen LogP contribution in [0.3, 0.4) is 0 Å². The maximum atomic E-state index is 12.2. The van der Waals surface area contributed by atoms with E-state index in [1.165, 1.54) is 0 Å². The first-order chi connectivity index (χ1) is 17.8. The monoisotopic (exact) mass is 497 g/mol. The highest BCUT2D eigenvalue weighted by molar-refractivity contribution is 5.97. The third-order valence-electron chi connectivity index (χ3n) is 7.15. The quantitative estimate of drug-likeness (QED) is 0.500. The van der Waals surface area contributed by atoms with E-state index in [0.29, 0.717) is 17.5 Å². The number of hydrogen-bond acceptors (Lipinski definition) is 6. The van der Waals surface area contributed by atoms with E-state index in [4.69, 9.17) is 4.74 Å². The van der Waals surface area contributed by atoms with Gasteiger partial charge < -0.3 is 19.9 Å². The molecule has 2 fully saturated rings. The minimum Gasteiger partial charge on any atom is -0.444 e. The van der Waals surface area contributed by atoms with Gasteiger partial charge in [0.25, 0.3) is 0 Å². The van der Waals surface area contributed by atoms with Gasteiger partial charge in [-0.25, -0.2) is 4.79 Å². The highest BCUT2D eigenvalue weighted by atomic mass is 16.6. The van der Waals surface area contributed by atoms with E-state index in [9.17, 15) is 10.1 Å². The molecule has 1 aromatic heterocycles. The summed E-state index contributed by atoms with van der Waals surface area (Å²) in [4.78, 5) is 20.9. The van der Waals surface area contributed by atoms with Crippen LogP contribution < -0.4 is 5.32 Å². The van der Waals surface area contributed by atoms with Crippen LogP contribution in [-0.4, -0.2) is 65.2 Å². The highest BCUT2D eigenvalue weighted by Crippen LogP contribution is 2.32. The number of nitriles is 1. The molecule has 0 aliphatic carbocycles. The van der Waals surface area contributed by atoms with Gasteiger partial charge >= 0.3 is 6.09 Å². The molecule has 5 rings (SSSR count). The lowest BCUT2D eigenvalue weighted by atomic mass is 9.96. The number of nitrogens with zero attached hydrogens (tertiary/aromatic N) is 4. The number of fused-ring (bicyclic) bond motifs is 1. The van der Waals surface area contributed by atoms with Crippen molar-refractivity contribution in [2.45, 2.75) is 45.3 Å². The van der Waals surface area contributed by atoms with Crippen LogP contribution in [0, 0.1) is 17.2 Å². The number of anilines is 1. The standard InChI is InChI=1S/C30H35N5O2/c1-30(2,3)37-29(36)35-19-22(20-35)18-34-11-8-26(9-12-34)33-28-15-25(14-24-7-10-32-17-27(24)28)23-6-4-5-21(13-23)16-31/h4-7,10,13-15,17,22,26,33H,8-9,11-12,18-20H2,1-3H3. The number of benzene rings is 2. The molecule has 1 N–H and O–H groups in total. The van der Waals surface area contributed by atoms with Gasteiger partial charge in [-0.15, -0.1) is 0 Å². The summed E-state index contributed by atoms with van der Waals surface area (Å²) in [7, 11) is 0. The fraction of sp³-hybridized carbons (Fsp3) is 0.433. The molecule has 7 heteroatoms. The van der Waals surface area contributed by atoms with Gasteiger partial charge in [-0.1, -0.05) is 12.1 Å². The lowest BCUT2D eigenvalue weighted by Gasteiger charge is -2.43. The first-order valence-corrected chi connectivity index (χ1v) is 13.1. The highest BCUT2D eigenvalue weighted by Gasteiger charge is 2.35. The van der Waals surface area contributed by atoms with Gasteiger partial charge in [-0.05, 0) is 80.5 Å². The maximum absolute atomic E-state index is 12.2. The van der Waals surface area contributed by atoms with Crippen molar-refractivity contribution in [1.82, 2.24) is 14.8 Å². The van der Waals surface area contributed by atoms with E-state index >= 15 is 0 Å². The van der Waals surface area contributed by atoms with Gasteiger partial charge in [-0.3, -0.25) is 4.98 Å². The molecular formula is C30H35N5O2. The average Bonchev–Trinajstić information content (AvgIpc) is 2.85. The van der Waals surface area contributed by atoms with Gasteiger partial charge in [0.2, 0.25) is 0 Å². The average molecular weight is 498 g/mol. The molecule has 0 saturated carbocycles. The van der Waals surface area contributed by atoms with Gasteiger partial charge in [-0.2, -0.15) is 5.26 Å². The molecular weight excluding hydrogens is 462 g/mol. The molecule has 3 heterocycles. The number of hydrogen-bond donors (Lipinski definition) is 1. The zero-order valence-corrected chi connectivity index (χ0v) is 21.9. The molecule has 7 nitrogen and oxygen atoms in total. The summed E-state index contributed by atoms with van der Waals surface area (Å²) >= 11 is 0. The molecule has 0 spiro atoms. The minimum absolute atomic E-state index is 0.199. The van der Waals surface area contributed by atoms with E-state index in [1.54, 1.807) is 0 Å². The zero-order valence-electron chi connectivity index (χ0n) is 21.9. The topological polar surface area (TPSA) is 81.5 Å². The minimum atomic E-state index is -0.446. The number of nitrogens with one attached hydrogen (secondary N) is 1. The molecule has 37 heavy (non-hydrogen) atoms. The number of carbonyl (C=O) groups is 1. The van der Waals surface area contributed by atoms with Crippen molar-refractivity contribution in [3.05, 3.63) is 60.4 Å². The Morgan fingerprint density at radius 2 is 1.92 bits per heavy atom. The Hall–Kier alpha value is -3.63. The van der Waals surface area contributed by atoms with Crippen LogP contribution >= 0.6 is 0 Å². The smallest absolute Gasteiger partial charge is 0.410 e. The van der Waals surface area contributed by atoms with Gasteiger partial charge in [0, 0.05) is 68.2 Å². The van der Waals surface area contributed by atoms with Crippen LogP contribution in [0.4, 0.5) is 10.5 Å². The number of rotatable bonds is 5. The normalized spacial score (nSPS) is 17.3. The Morgan fingerprint density at radius 3 is 2.65 bits per heavy atom. The number of ether oxygens (including phenoxy) is 1. The lowest BCUT2D eigenvalue weighted by Crippen LogP contribution is -2.55. The molecule has 1 amide bonds. The van der Waals surface area contributed by atoms with Crippen molar-refractivity contribution >= 4 is 22.6 Å². The van der Waals surface area contributed by atoms with E-state index < -0.39 is 5.60 Å². The summed E-state index contributed by atoms with van der Waals surface area (Å²) in [5, 5.41) is 15.4. The van der Waals surface area contributed by atoms with Crippen LogP contribution in [-0.2, 0) is 4.74 Å². The molecule has 2 aromatic carbocycles. The zero-order chi connectivity index (χ0) is 26.0. The summed E-state index contributed by atoms with van der Waals surface area (Å²) < 4.78 is 5.48. The molecule has 3 aromatic rings. The van der Waals surface area contributed by atoms with Crippen molar-refractivity contribution in [2.75, 3.05) is 38.0 Å². The fourth-order valence-electron chi connectivity index (χ4n) is 5.26. The van der Waals surface area contributed by atoms with E-state index in [-0.39, 0.29) is 6.09 Å². The predicted molar refractivity (Wildman–Crippen MR) is 146 cm³/mol. The van der Waals surface area contributed by atoms with Crippen molar-refractivity contribution in [1.29, 1.82) is 5.26 Å². The molecule has 2 aliphatic rings. The Labute approximate surface area is 219 Å². The number of piperidine rings is 1. The van der Waals surface area contributed by atoms with Gasteiger partial charge in [0.05, 0.1) is 11.6 Å². The van der Waals surface area contributed by atoms with Crippen molar-refractivity contribution in [3.8, 4) is 17.2 Å². The molecule has 192 valence electrons. The first kappa shape index (κ1) is 25.0. The summed E-state index contributed by atoms with van der Waals surface area (Å²) in [6.45, 7) is 10.4. The largest absolute Gasteiger partial charge is 0.444 e. The Balaban J connectivity index is 1.19. The van der Waals surface area contributed by atoms with Crippen LogP contribution in [0.1, 0.15) is 39.2 Å². The first-order valence-electron chi connectivity index (χ1n) is 13.1. The van der Waals surface area contributed by atoms with Gasteiger partial charge in [0.15, 0.2) is 0 Å². The summed E-state index contributed by atoms with van der Waals surface area (Å²) in [5.74, 6) is 0.521. The van der Waals surface area contributed by atoms with Crippen LogP contribution in [0.15, 0.2) is 54.9 Å². The number of aromatic nitrogens is 1. The Kier molecular flexibility index (Phi) is 7.03. The second-order valence-electron chi connectivity index (χ2n) is 11.3. The Bertz CT molecular complexity index is 1310. The summed E-state index contributed by atoms with van der Waals surface area (Å²) in [6.07, 6.45) is 5.69. The third-order valence-corrected chi connectivity index (χ3v) is 7.15. The second-order valence-corrected chi connectivity index (χ2v) is 11.3. The maximum Gasteiger partial charge on any atom is 0.410 e. The molecule has 2 saturated heterocycles. The molecule has 2 aliphatic heterocycles. The SMILES string of the molecule is CC(C)(C)OC(=O)N1CC(CN2CCC(Nc3cc(-c4cccc(C#N)c4)cc4ccncc34)CC2)C1. The summed E-state index contributed by atoms with van der Waals surface area (Å²) in [5.41, 5.74) is 3.44. The second kappa shape index (κ2) is 10.4. The van der Waals surface area contributed by atoms with Crippen LogP contribution in [0.2, 0.25) is 0 Å². The van der Waals surface area contributed by atoms with Crippen LogP contribution in [0.25, 0.3) is 21.9 Å². The number of likely N-dealkylation sites (tertiary alicyclic amines) is 2. The number of pyridine rings is 1.